The second-order valence-corrected chi connectivity index (χ2v) is 7.74. The molecular weight excluding hydrogens is 348 g/mol. The Morgan fingerprint density at radius 1 is 0.929 bits per heavy atom. The molecule has 0 fully saturated rings. The Bertz CT molecular complexity index is 764. The zero-order chi connectivity index (χ0) is 20.5. The lowest BCUT2D eigenvalue weighted by Crippen LogP contribution is -2.24. The molecule has 0 spiro atoms. The highest BCUT2D eigenvalue weighted by atomic mass is 16.2. The van der Waals surface area contributed by atoms with Crippen molar-refractivity contribution in [3.05, 3.63) is 65.2 Å². The van der Waals surface area contributed by atoms with Crippen molar-refractivity contribution in [2.45, 2.75) is 52.9 Å². The van der Waals surface area contributed by atoms with E-state index in [0.717, 1.165) is 24.8 Å². The lowest BCUT2D eigenvalue weighted by atomic mass is 9.96. The molecule has 0 heterocycles. The standard InChI is InChI=1S/C24H32N2O2/c1-5-6-15-25-24(28)21-11-13-22(14-12-21)26-23(27)18(4)20-9-7-19(8-10-20)16-17(2)3/h7-14,17-18H,5-6,15-16H2,1-4H3,(H,25,28)(H,26,27). The van der Waals surface area contributed by atoms with Gasteiger partial charge in [0.2, 0.25) is 5.91 Å². The first-order valence-corrected chi connectivity index (χ1v) is 10.2. The average Bonchev–Trinajstić information content (AvgIpc) is 2.68. The fourth-order valence-electron chi connectivity index (χ4n) is 3.00. The van der Waals surface area contributed by atoms with Crippen LogP contribution in [-0.2, 0) is 11.2 Å². The van der Waals surface area contributed by atoms with Crippen molar-refractivity contribution in [1.29, 1.82) is 0 Å². The van der Waals surface area contributed by atoms with E-state index in [1.54, 1.807) is 24.3 Å². The number of hydrogen-bond donors (Lipinski definition) is 2. The Hall–Kier alpha value is -2.62. The highest BCUT2D eigenvalue weighted by Gasteiger charge is 2.16. The molecule has 150 valence electrons. The van der Waals surface area contributed by atoms with Gasteiger partial charge in [0.25, 0.3) is 5.91 Å². The summed E-state index contributed by atoms with van der Waals surface area (Å²) < 4.78 is 0. The van der Waals surface area contributed by atoms with Crippen LogP contribution < -0.4 is 10.6 Å². The van der Waals surface area contributed by atoms with Gasteiger partial charge >= 0.3 is 0 Å². The van der Waals surface area contributed by atoms with E-state index in [0.29, 0.717) is 23.7 Å². The van der Waals surface area contributed by atoms with Crippen LogP contribution in [-0.4, -0.2) is 18.4 Å². The van der Waals surface area contributed by atoms with Gasteiger partial charge in [-0.2, -0.15) is 0 Å². The SMILES string of the molecule is CCCCNC(=O)c1ccc(NC(=O)C(C)c2ccc(CC(C)C)cc2)cc1. The topological polar surface area (TPSA) is 58.2 Å². The molecule has 2 N–H and O–H groups in total. The van der Waals surface area contributed by atoms with E-state index in [1.165, 1.54) is 5.56 Å². The molecule has 28 heavy (non-hydrogen) atoms. The van der Waals surface area contributed by atoms with Crippen LogP contribution in [0.15, 0.2) is 48.5 Å². The maximum Gasteiger partial charge on any atom is 0.251 e. The van der Waals surface area contributed by atoms with Crippen LogP contribution in [0, 0.1) is 5.92 Å². The number of rotatable bonds is 9. The van der Waals surface area contributed by atoms with Gasteiger partial charge in [-0.1, -0.05) is 51.5 Å². The molecule has 0 aliphatic carbocycles. The van der Waals surface area contributed by atoms with Crippen molar-refractivity contribution in [2.75, 3.05) is 11.9 Å². The maximum absolute atomic E-state index is 12.6. The lowest BCUT2D eigenvalue weighted by molar-refractivity contribution is -0.117. The number of benzene rings is 2. The fourth-order valence-corrected chi connectivity index (χ4v) is 3.00. The predicted octanol–water partition coefficient (Wildman–Crippen LogP) is 5.16. The van der Waals surface area contributed by atoms with Crippen LogP contribution in [0.5, 0.6) is 0 Å². The molecular formula is C24H32N2O2. The fraction of sp³-hybridized carbons (Fsp3) is 0.417. The highest BCUT2D eigenvalue weighted by Crippen LogP contribution is 2.20. The summed E-state index contributed by atoms with van der Waals surface area (Å²) in [7, 11) is 0. The minimum absolute atomic E-state index is 0.0586. The van der Waals surface area contributed by atoms with Crippen LogP contribution >= 0.6 is 0 Å². The third-order valence-corrected chi connectivity index (χ3v) is 4.75. The van der Waals surface area contributed by atoms with Gasteiger partial charge in [0.15, 0.2) is 0 Å². The summed E-state index contributed by atoms with van der Waals surface area (Å²) in [4.78, 5) is 24.6. The Morgan fingerprint density at radius 3 is 2.14 bits per heavy atom. The van der Waals surface area contributed by atoms with Crippen molar-refractivity contribution in [3.8, 4) is 0 Å². The zero-order valence-electron chi connectivity index (χ0n) is 17.4. The number of nitrogens with one attached hydrogen (secondary N) is 2. The molecule has 1 unspecified atom stereocenters. The molecule has 2 rings (SSSR count). The second-order valence-electron chi connectivity index (χ2n) is 7.74. The summed E-state index contributed by atoms with van der Waals surface area (Å²) in [5, 5.41) is 5.82. The first-order valence-electron chi connectivity index (χ1n) is 10.2. The molecule has 0 aromatic heterocycles. The quantitative estimate of drug-likeness (QED) is 0.591. The Kier molecular flexibility index (Phi) is 8.24. The van der Waals surface area contributed by atoms with Crippen molar-refractivity contribution in [1.82, 2.24) is 5.32 Å². The van der Waals surface area contributed by atoms with Crippen LogP contribution in [0.25, 0.3) is 0 Å². The Labute approximate surface area is 168 Å². The third-order valence-electron chi connectivity index (χ3n) is 4.75. The number of amides is 2. The predicted molar refractivity (Wildman–Crippen MR) is 116 cm³/mol. The first kappa shape index (κ1) is 21.7. The van der Waals surface area contributed by atoms with E-state index in [-0.39, 0.29) is 17.7 Å². The molecule has 2 aromatic rings. The van der Waals surface area contributed by atoms with Gasteiger partial charge in [-0.05, 0) is 61.1 Å². The molecule has 0 bridgehead atoms. The average molecular weight is 381 g/mol. The number of hydrogen-bond acceptors (Lipinski definition) is 2. The van der Waals surface area contributed by atoms with Gasteiger partial charge in [-0.3, -0.25) is 9.59 Å². The largest absolute Gasteiger partial charge is 0.352 e. The first-order chi connectivity index (χ1) is 13.4. The van der Waals surface area contributed by atoms with Crippen LogP contribution in [0.2, 0.25) is 0 Å². The van der Waals surface area contributed by atoms with E-state index in [2.05, 4.69) is 43.5 Å². The molecule has 1 atom stereocenters. The second kappa shape index (κ2) is 10.6. The highest BCUT2D eigenvalue weighted by molar-refractivity contribution is 5.97. The monoisotopic (exact) mass is 380 g/mol. The molecule has 2 aromatic carbocycles. The van der Waals surface area contributed by atoms with Crippen molar-refractivity contribution < 1.29 is 9.59 Å². The minimum Gasteiger partial charge on any atom is -0.352 e. The third kappa shape index (κ3) is 6.52. The normalized spacial score (nSPS) is 11.9. The number of carbonyl (C=O) groups is 2. The molecule has 4 heteroatoms. The molecule has 2 amide bonds. The van der Waals surface area contributed by atoms with Gasteiger partial charge in [-0.25, -0.2) is 0 Å². The van der Waals surface area contributed by atoms with Crippen molar-refractivity contribution >= 4 is 17.5 Å². The summed E-state index contributed by atoms with van der Waals surface area (Å²) in [6.07, 6.45) is 3.05. The van der Waals surface area contributed by atoms with Crippen LogP contribution in [0.3, 0.4) is 0 Å². The molecule has 0 aliphatic rings. The summed E-state index contributed by atoms with van der Waals surface area (Å²) in [6, 6.07) is 15.3. The van der Waals surface area contributed by atoms with E-state index in [9.17, 15) is 9.59 Å². The van der Waals surface area contributed by atoms with Crippen molar-refractivity contribution in [3.63, 3.8) is 0 Å². The summed E-state index contributed by atoms with van der Waals surface area (Å²) >= 11 is 0. The molecule has 0 aliphatic heterocycles. The van der Waals surface area contributed by atoms with Gasteiger partial charge in [0, 0.05) is 17.8 Å². The molecule has 4 nitrogen and oxygen atoms in total. The van der Waals surface area contributed by atoms with E-state index >= 15 is 0 Å². The van der Waals surface area contributed by atoms with Crippen molar-refractivity contribution in [2.24, 2.45) is 5.92 Å². The molecule has 0 saturated heterocycles. The van der Waals surface area contributed by atoms with Crippen LogP contribution in [0.4, 0.5) is 5.69 Å². The van der Waals surface area contributed by atoms with Gasteiger partial charge in [0.05, 0.1) is 5.92 Å². The Balaban J connectivity index is 1.93. The Morgan fingerprint density at radius 2 is 1.57 bits per heavy atom. The van der Waals surface area contributed by atoms with Gasteiger partial charge in [-0.15, -0.1) is 0 Å². The summed E-state index contributed by atoms with van der Waals surface area (Å²) in [6.45, 7) is 9.07. The van der Waals surface area contributed by atoms with E-state index in [4.69, 9.17) is 0 Å². The number of carbonyl (C=O) groups excluding carboxylic acids is 2. The van der Waals surface area contributed by atoms with E-state index < -0.39 is 0 Å². The maximum atomic E-state index is 12.6. The number of unbranched alkanes of at least 4 members (excludes halogenated alkanes) is 1. The zero-order valence-corrected chi connectivity index (χ0v) is 17.4. The van der Waals surface area contributed by atoms with Gasteiger partial charge in [0.1, 0.15) is 0 Å². The lowest BCUT2D eigenvalue weighted by Gasteiger charge is -2.14. The smallest absolute Gasteiger partial charge is 0.251 e. The summed E-state index contributed by atoms with van der Waals surface area (Å²) in [5.41, 5.74) is 3.58. The van der Waals surface area contributed by atoms with E-state index in [1.807, 2.05) is 19.1 Å². The summed E-state index contributed by atoms with van der Waals surface area (Å²) in [5.74, 6) is 0.228. The van der Waals surface area contributed by atoms with Crippen LogP contribution in [0.1, 0.15) is 67.9 Å². The molecule has 0 radical (unpaired) electrons. The number of anilines is 1. The molecule has 0 saturated carbocycles. The van der Waals surface area contributed by atoms with Gasteiger partial charge < -0.3 is 10.6 Å². The minimum atomic E-state index is -0.245.